The molecular formula is C23H27Cl2N5O2. The average molecular weight is 476 g/mol. The van der Waals surface area contributed by atoms with Crippen molar-refractivity contribution < 1.29 is 9.53 Å². The zero-order valence-corrected chi connectivity index (χ0v) is 20.4. The molecule has 0 bridgehead atoms. The highest BCUT2D eigenvalue weighted by Gasteiger charge is 2.34. The Kier molecular flexibility index (Phi) is 6.87. The summed E-state index contributed by atoms with van der Waals surface area (Å²) in [6, 6.07) is 7.45. The summed E-state index contributed by atoms with van der Waals surface area (Å²) >= 11 is 12.5. The van der Waals surface area contributed by atoms with E-state index in [1.807, 2.05) is 39.5 Å². The van der Waals surface area contributed by atoms with Crippen LogP contribution in [0.5, 0.6) is 0 Å². The number of benzene rings is 1. The van der Waals surface area contributed by atoms with Crippen LogP contribution in [0, 0.1) is 18.3 Å². The Morgan fingerprint density at radius 1 is 1.25 bits per heavy atom. The molecule has 3 rings (SSSR count). The first-order chi connectivity index (χ1) is 14.9. The van der Waals surface area contributed by atoms with Crippen LogP contribution in [0.15, 0.2) is 18.2 Å². The van der Waals surface area contributed by atoms with Crippen molar-refractivity contribution in [3.8, 4) is 17.2 Å². The summed E-state index contributed by atoms with van der Waals surface area (Å²) in [5.41, 5.74) is 1.17. The van der Waals surface area contributed by atoms with Crippen molar-refractivity contribution in [3.05, 3.63) is 39.6 Å². The first-order valence-electron chi connectivity index (χ1n) is 10.4. The minimum absolute atomic E-state index is 0.247. The lowest BCUT2D eigenvalue weighted by Gasteiger charge is -2.40. The molecule has 1 N–H and O–H groups in total. The molecule has 2 heterocycles. The monoisotopic (exact) mass is 475 g/mol. The minimum atomic E-state index is -0.548. The topological polar surface area (TPSA) is 91.1 Å². The zero-order chi connectivity index (χ0) is 23.7. The van der Waals surface area contributed by atoms with Crippen molar-refractivity contribution in [2.75, 3.05) is 18.0 Å². The Hall–Kier alpha value is -2.56. The van der Waals surface area contributed by atoms with E-state index in [1.165, 1.54) is 0 Å². The standard InChI is InChI=1S/C23H27Cl2N5O2/c1-14-18(15-7-6-8-16(24)19(15)25)17(13-26)28-20(27-14)30-11-9-23(5,10-12-30)29-21(31)32-22(2,3)4/h6-8H,9-12H2,1-5H3,(H,29,31). The van der Waals surface area contributed by atoms with E-state index in [2.05, 4.69) is 21.4 Å². The number of piperidine rings is 1. The molecule has 0 unspecified atom stereocenters. The second-order valence-corrected chi connectivity index (χ2v) is 10.0. The van der Waals surface area contributed by atoms with E-state index in [0.717, 1.165) is 0 Å². The van der Waals surface area contributed by atoms with E-state index in [-0.39, 0.29) is 11.2 Å². The number of halogens is 2. The first kappa shape index (κ1) is 24.1. The van der Waals surface area contributed by atoms with Gasteiger partial charge in [0.25, 0.3) is 0 Å². The van der Waals surface area contributed by atoms with Gasteiger partial charge in [0, 0.05) is 29.8 Å². The van der Waals surface area contributed by atoms with E-state index < -0.39 is 11.7 Å². The van der Waals surface area contributed by atoms with Crippen LogP contribution in [0.2, 0.25) is 10.0 Å². The molecule has 170 valence electrons. The summed E-state index contributed by atoms with van der Waals surface area (Å²) in [5.74, 6) is 0.486. The molecule has 1 aliphatic rings. The van der Waals surface area contributed by atoms with E-state index >= 15 is 0 Å². The number of rotatable bonds is 3. The number of carbonyl (C=O) groups excluding carboxylic acids is 1. The second kappa shape index (κ2) is 9.13. The predicted molar refractivity (Wildman–Crippen MR) is 126 cm³/mol. The molecular weight excluding hydrogens is 449 g/mol. The van der Waals surface area contributed by atoms with Crippen molar-refractivity contribution in [1.29, 1.82) is 5.26 Å². The second-order valence-electron chi connectivity index (χ2n) is 9.22. The van der Waals surface area contributed by atoms with Gasteiger partial charge in [-0.05, 0) is 53.5 Å². The molecule has 1 saturated heterocycles. The van der Waals surface area contributed by atoms with Gasteiger partial charge in [0.15, 0.2) is 5.69 Å². The van der Waals surface area contributed by atoms with Crippen molar-refractivity contribution in [2.24, 2.45) is 0 Å². The fourth-order valence-electron chi connectivity index (χ4n) is 3.68. The fraction of sp³-hybridized carbons (Fsp3) is 0.478. The van der Waals surface area contributed by atoms with E-state index in [9.17, 15) is 10.1 Å². The van der Waals surface area contributed by atoms with Gasteiger partial charge in [0.2, 0.25) is 5.95 Å². The Labute approximate surface area is 198 Å². The molecule has 0 radical (unpaired) electrons. The van der Waals surface area contributed by atoms with Crippen LogP contribution in [-0.4, -0.2) is 40.3 Å². The molecule has 7 nitrogen and oxygen atoms in total. The minimum Gasteiger partial charge on any atom is -0.444 e. The third-order valence-corrected chi connectivity index (χ3v) is 6.18. The third-order valence-electron chi connectivity index (χ3n) is 5.36. The summed E-state index contributed by atoms with van der Waals surface area (Å²) in [5, 5.41) is 13.5. The maximum absolute atomic E-state index is 12.2. The molecule has 1 fully saturated rings. The molecule has 32 heavy (non-hydrogen) atoms. The number of aromatic nitrogens is 2. The van der Waals surface area contributed by atoms with Crippen LogP contribution in [-0.2, 0) is 4.74 Å². The number of nitriles is 1. The van der Waals surface area contributed by atoms with Gasteiger partial charge < -0.3 is 15.0 Å². The van der Waals surface area contributed by atoms with Crippen molar-refractivity contribution in [3.63, 3.8) is 0 Å². The van der Waals surface area contributed by atoms with Gasteiger partial charge in [-0.1, -0.05) is 35.3 Å². The van der Waals surface area contributed by atoms with Crippen LogP contribution in [0.4, 0.5) is 10.7 Å². The molecule has 1 aliphatic heterocycles. The Morgan fingerprint density at radius 3 is 2.50 bits per heavy atom. The maximum atomic E-state index is 12.2. The van der Waals surface area contributed by atoms with E-state index in [4.69, 9.17) is 27.9 Å². The number of aryl methyl sites for hydroxylation is 1. The van der Waals surface area contributed by atoms with Crippen LogP contribution >= 0.6 is 23.2 Å². The lowest BCUT2D eigenvalue weighted by molar-refractivity contribution is 0.0448. The summed E-state index contributed by atoms with van der Waals surface area (Å²) in [7, 11) is 0. The highest BCUT2D eigenvalue weighted by Crippen LogP contribution is 2.37. The van der Waals surface area contributed by atoms with Gasteiger partial charge in [-0.3, -0.25) is 0 Å². The van der Waals surface area contributed by atoms with Crippen molar-refractivity contribution >= 4 is 35.2 Å². The van der Waals surface area contributed by atoms with Gasteiger partial charge >= 0.3 is 6.09 Å². The van der Waals surface area contributed by atoms with Gasteiger partial charge in [-0.15, -0.1) is 0 Å². The van der Waals surface area contributed by atoms with Gasteiger partial charge in [-0.25, -0.2) is 14.8 Å². The number of nitrogens with one attached hydrogen (secondary N) is 1. The summed E-state index contributed by atoms with van der Waals surface area (Å²) in [6.45, 7) is 10.6. The highest BCUT2D eigenvalue weighted by molar-refractivity contribution is 6.43. The SMILES string of the molecule is Cc1nc(N2CCC(C)(NC(=O)OC(C)(C)C)CC2)nc(C#N)c1-c1cccc(Cl)c1Cl. The molecule has 0 aliphatic carbocycles. The zero-order valence-electron chi connectivity index (χ0n) is 18.9. The van der Waals surface area contributed by atoms with Crippen LogP contribution in [0.3, 0.4) is 0 Å². The number of alkyl carbamates (subject to hydrolysis) is 1. The van der Waals surface area contributed by atoms with Crippen LogP contribution in [0.1, 0.15) is 51.9 Å². The van der Waals surface area contributed by atoms with E-state index in [0.29, 0.717) is 58.7 Å². The van der Waals surface area contributed by atoms with Crippen LogP contribution in [0.25, 0.3) is 11.1 Å². The van der Waals surface area contributed by atoms with Crippen molar-refractivity contribution in [2.45, 2.75) is 58.6 Å². The number of anilines is 1. The lowest BCUT2D eigenvalue weighted by Crippen LogP contribution is -2.54. The normalized spacial score (nSPS) is 15.8. The fourth-order valence-corrected chi connectivity index (χ4v) is 4.07. The maximum Gasteiger partial charge on any atom is 0.408 e. The average Bonchev–Trinajstić information content (AvgIpc) is 2.68. The number of amides is 1. The summed E-state index contributed by atoms with van der Waals surface area (Å²) in [4.78, 5) is 23.4. The van der Waals surface area contributed by atoms with Gasteiger partial charge in [-0.2, -0.15) is 5.26 Å². The highest BCUT2D eigenvalue weighted by atomic mass is 35.5. The third kappa shape index (κ3) is 5.43. The van der Waals surface area contributed by atoms with Gasteiger partial charge in [0.05, 0.1) is 15.7 Å². The Morgan fingerprint density at radius 2 is 1.91 bits per heavy atom. The Balaban J connectivity index is 1.79. The summed E-state index contributed by atoms with van der Waals surface area (Å²) < 4.78 is 5.39. The van der Waals surface area contributed by atoms with E-state index in [1.54, 1.807) is 18.2 Å². The predicted octanol–water partition coefficient (Wildman–Crippen LogP) is 5.51. The summed E-state index contributed by atoms with van der Waals surface area (Å²) in [6.07, 6.45) is 0.964. The number of hydrogen-bond donors (Lipinski definition) is 1. The lowest BCUT2D eigenvalue weighted by atomic mass is 9.90. The van der Waals surface area contributed by atoms with Crippen LogP contribution < -0.4 is 10.2 Å². The molecule has 2 aromatic rings. The molecule has 1 aromatic heterocycles. The smallest absolute Gasteiger partial charge is 0.408 e. The van der Waals surface area contributed by atoms with Gasteiger partial charge in [0.1, 0.15) is 11.7 Å². The number of hydrogen-bond acceptors (Lipinski definition) is 6. The number of carbonyl (C=O) groups is 1. The molecule has 0 spiro atoms. The first-order valence-corrected chi connectivity index (χ1v) is 11.2. The number of ether oxygens (including phenoxy) is 1. The number of nitrogens with zero attached hydrogens (tertiary/aromatic N) is 4. The molecule has 9 heteroatoms. The molecule has 1 aromatic carbocycles. The Bertz CT molecular complexity index is 1070. The largest absolute Gasteiger partial charge is 0.444 e. The molecule has 0 saturated carbocycles. The quantitative estimate of drug-likeness (QED) is 0.628. The van der Waals surface area contributed by atoms with Crippen molar-refractivity contribution in [1.82, 2.24) is 15.3 Å². The molecule has 0 atom stereocenters. The molecule has 1 amide bonds.